The number of nitrogens with two attached hydrogens (primary N) is 1. The highest BCUT2D eigenvalue weighted by Gasteiger charge is 2.38. The van der Waals surface area contributed by atoms with Crippen molar-refractivity contribution in [2.24, 2.45) is 11.7 Å². The number of carbonyl (C=O) groups is 1. The van der Waals surface area contributed by atoms with Crippen LogP contribution in [-0.2, 0) is 22.3 Å². The summed E-state index contributed by atoms with van der Waals surface area (Å²) >= 11 is 0. The zero-order chi connectivity index (χ0) is 24.8. The molecule has 0 bridgehead atoms. The number of amides is 1. The highest BCUT2D eigenvalue weighted by Crippen LogP contribution is 2.39. The maximum Gasteiger partial charge on any atom is 0.416 e. The minimum Gasteiger partial charge on any atom is -0.373 e. The van der Waals surface area contributed by atoms with E-state index in [2.05, 4.69) is 24.3 Å². The van der Waals surface area contributed by atoms with E-state index in [1.807, 2.05) is 36.4 Å². The van der Waals surface area contributed by atoms with Crippen LogP contribution in [0.2, 0.25) is 0 Å². The molecule has 3 aromatic rings. The fourth-order valence-corrected chi connectivity index (χ4v) is 4.84. The molecule has 0 aromatic heterocycles. The average Bonchev–Trinajstić information content (AvgIpc) is 2.88. The van der Waals surface area contributed by atoms with Crippen LogP contribution in [0.5, 0.6) is 0 Å². The zero-order valence-electron chi connectivity index (χ0n) is 19.3. The van der Waals surface area contributed by atoms with E-state index in [0.717, 1.165) is 23.3 Å². The third-order valence-corrected chi connectivity index (χ3v) is 6.61. The fourth-order valence-electron chi connectivity index (χ4n) is 4.84. The van der Waals surface area contributed by atoms with Crippen molar-refractivity contribution in [2.75, 3.05) is 19.6 Å². The first-order chi connectivity index (χ1) is 16.9. The van der Waals surface area contributed by atoms with E-state index in [-0.39, 0.29) is 37.0 Å². The molecule has 2 atom stereocenters. The molecule has 1 aliphatic heterocycles. The van der Waals surface area contributed by atoms with Crippen LogP contribution >= 0.6 is 0 Å². The molecule has 1 fully saturated rings. The smallest absolute Gasteiger partial charge is 0.373 e. The quantitative estimate of drug-likeness (QED) is 0.502. The largest absolute Gasteiger partial charge is 0.416 e. The molecule has 1 aliphatic rings. The van der Waals surface area contributed by atoms with E-state index >= 15 is 0 Å². The Bertz CT molecular complexity index is 1050. The number of alkyl halides is 3. The summed E-state index contributed by atoms with van der Waals surface area (Å²) in [7, 11) is 0. The van der Waals surface area contributed by atoms with Crippen molar-refractivity contribution in [2.45, 2.75) is 31.2 Å². The van der Waals surface area contributed by atoms with Crippen LogP contribution in [-0.4, -0.2) is 36.5 Å². The minimum atomic E-state index is -4.37. The average molecular weight is 483 g/mol. The fraction of sp³-hybridized carbons (Fsp3) is 0.321. The molecular formula is C28H29F3N2O2. The number of hydrogen-bond donors (Lipinski definition) is 1. The van der Waals surface area contributed by atoms with Crippen molar-refractivity contribution in [3.05, 3.63) is 107 Å². The van der Waals surface area contributed by atoms with Gasteiger partial charge < -0.3 is 15.4 Å². The first-order valence-corrected chi connectivity index (χ1v) is 11.7. The summed E-state index contributed by atoms with van der Waals surface area (Å²) in [6, 6.07) is 25.3. The predicted molar refractivity (Wildman–Crippen MR) is 128 cm³/mol. The highest BCUT2D eigenvalue weighted by atomic mass is 19.4. The van der Waals surface area contributed by atoms with Crippen LogP contribution in [0.3, 0.4) is 0 Å². The molecule has 7 heteroatoms. The van der Waals surface area contributed by atoms with E-state index in [9.17, 15) is 18.0 Å². The van der Waals surface area contributed by atoms with Crippen LogP contribution in [0.1, 0.15) is 34.6 Å². The van der Waals surface area contributed by atoms with Crippen LogP contribution < -0.4 is 5.73 Å². The molecule has 1 saturated heterocycles. The minimum absolute atomic E-state index is 0.0246. The van der Waals surface area contributed by atoms with Gasteiger partial charge in [-0.25, -0.2) is 0 Å². The first kappa shape index (κ1) is 24.9. The number of benzene rings is 3. The number of carbonyl (C=O) groups excluding carboxylic acids is 1. The van der Waals surface area contributed by atoms with Gasteiger partial charge in [-0.2, -0.15) is 13.2 Å². The Morgan fingerprint density at radius 1 is 0.943 bits per heavy atom. The summed E-state index contributed by atoms with van der Waals surface area (Å²) in [5.74, 6) is -0.182. The number of nitrogens with zero attached hydrogens (tertiary/aromatic N) is 1. The molecule has 4 nitrogen and oxygen atoms in total. The van der Waals surface area contributed by atoms with Crippen molar-refractivity contribution in [3.63, 3.8) is 0 Å². The molecule has 0 radical (unpaired) electrons. The lowest BCUT2D eigenvalue weighted by molar-refractivity contribution is -0.138. The second kappa shape index (κ2) is 11.1. The van der Waals surface area contributed by atoms with Gasteiger partial charge in [0.1, 0.15) is 0 Å². The van der Waals surface area contributed by atoms with Crippen molar-refractivity contribution < 1.29 is 22.7 Å². The standard InChI is InChI=1S/C28H29F3N2O2/c29-28(30,31)23-13-11-20(12-14-23)19-35-25-15-16-33(26(34)17-32)18-24(25)27(21-7-3-1-4-8-21)22-9-5-2-6-10-22/h1-14,24-25,27H,15-19,32H2/t24-,25+/m0/s1. The summed E-state index contributed by atoms with van der Waals surface area (Å²) in [5.41, 5.74) is 7.89. The Kier molecular flexibility index (Phi) is 7.88. The summed E-state index contributed by atoms with van der Waals surface area (Å²) in [4.78, 5) is 14.3. The van der Waals surface area contributed by atoms with Crippen molar-refractivity contribution in [1.29, 1.82) is 0 Å². The lowest BCUT2D eigenvalue weighted by atomic mass is 9.75. The van der Waals surface area contributed by atoms with Gasteiger partial charge in [-0.1, -0.05) is 72.8 Å². The Labute approximate surface area is 203 Å². The molecule has 1 heterocycles. The topological polar surface area (TPSA) is 55.6 Å². The third-order valence-electron chi connectivity index (χ3n) is 6.61. The molecule has 0 aliphatic carbocycles. The number of piperidine rings is 1. The maximum absolute atomic E-state index is 12.9. The van der Waals surface area contributed by atoms with E-state index in [0.29, 0.717) is 25.1 Å². The van der Waals surface area contributed by atoms with Gasteiger partial charge in [0.2, 0.25) is 5.91 Å². The van der Waals surface area contributed by atoms with Gasteiger partial charge in [-0.15, -0.1) is 0 Å². The van der Waals surface area contributed by atoms with Gasteiger partial charge in [0.15, 0.2) is 0 Å². The Morgan fingerprint density at radius 2 is 1.51 bits per heavy atom. The summed E-state index contributed by atoms with van der Waals surface area (Å²) in [5, 5.41) is 0. The number of halogens is 3. The highest BCUT2D eigenvalue weighted by molar-refractivity contribution is 5.78. The lowest BCUT2D eigenvalue weighted by Crippen LogP contribution is -2.50. The van der Waals surface area contributed by atoms with Crippen molar-refractivity contribution >= 4 is 5.91 Å². The summed E-state index contributed by atoms with van der Waals surface area (Å²) < 4.78 is 45.1. The Balaban J connectivity index is 1.61. The normalized spacial score (nSPS) is 18.6. The number of ether oxygens (including phenoxy) is 1. The lowest BCUT2D eigenvalue weighted by Gasteiger charge is -2.42. The first-order valence-electron chi connectivity index (χ1n) is 11.7. The second-order valence-corrected chi connectivity index (χ2v) is 8.84. The van der Waals surface area contributed by atoms with Crippen LogP contribution in [0, 0.1) is 5.92 Å². The maximum atomic E-state index is 12.9. The predicted octanol–water partition coefficient (Wildman–Crippen LogP) is 5.23. The molecule has 1 amide bonds. The molecule has 0 saturated carbocycles. The van der Waals surface area contributed by atoms with Crippen molar-refractivity contribution in [3.8, 4) is 0 Å². The summed E-state index contributed by atoms with van der Waals surface area (Å²) in [6.45, 7) is 1.16. The summed E-state index contributed by atoms with van der Waals surface area (Å²) in [6.07, 6.45) is -3.94. The van der Waals surface area contributed by atoms with Gasteiger partial charge in [0.25, 0.3) is 0 Å². The van der Waals surface area contributed by atoms with Gasteiger partial charge in [0, 0.05) is 24.9 Å². The van der Waals surface area contributed by atoms with Gasteiger partial charge in [0.05, 0.1) is 24.8 Å². The molecule has 0 spiro atoms. The molecule has 0 unspecified atom stereocenters. The number of rotatable bonds is 7. The molecule has 184 valence electrons. The molecule has 3 aromatic carbocycles. The van der Waals surface area contributed by atoms with E-state index < -0.39 is 11.7 Å². The van der Waals surface area contributed by atoms with Gasteiger partial charge in [-0.3, -0.25) is 4.79 Å². The zero-order valence-corrected chi connectivity index (χ0v) is 19.3. The molecular weight excluding hydrogens is 453 g/mol. The van der Waals surface area contributed by atoms with Gasteiger partial charge in [-0.05, 0) is 35.2 Å². The van der Waals surface area contributed by atoms with E-state index in [1.165, 1.54) is 12.1 Å². The van der Waals surface area contributed by atoms with E-state index in [4.69, 9.17) is 10.5 Å². The monoisotopic (exact) mass is 482 g/mol. The third kappa shape index (κ3) is 6.10. The molecule has 4 rings (SSSR count). The number of hydrogen-bond acceptors (Lipinski definition) is 3. The van der Waals surface area contributed by atoms with Crippen molar-refractivity contribution in [1.82, 2.24) is 4.90 Å². The second-order valence-electron chi connectivity index (χ2n) is 8.84. The van der Waals surface area contributed by atoms with E-state index in [1.54, 1.807) is 4.90 Å². The number of likely N-dealkylation sites (tertiary alicyclic amines) is 1. The van der Waals surface area contributed by atoms with Crippen LogP contribution in [0.15, 0.2) is 84.9 Å². The molecule has 35 heavy (non-hydrogen) atoms. The Hall–Kier alpha value is -3.16. The van der Waals surface area contributed by atoms with Crippen LogP contribution in [0.4, 0.5) is 13.2 Å². The Morgan fingerprint density at radius 3 is 2.03 bits per heavy atom. The molecule has 2 N–H and O–H groups in total. The SMILES string of the molecule is NCC(=O)N1CC[C@@H](OCc2ccc(C(F)(F)F)cc2)[C@@H](C(c2ccccc2)c2ccccc2)C1. The van der Waals surface area contributed by atoms with Crippen LogP contribution in [0.25, 0.3) is 0 Å². The van der Waals surface area contributed by atoms with Gasteiger partial charge >= 0.3 is 6.18 Å².